The van der Waals surface area contributed by atoms with Gasteiger partial charge in [-0.3, -0.25) is 9.11 Å². The van der Waals surface area contributed by atoms with Crippen LogP contribution >= 0.6 is 22.4 Å². The van der Waals surface area contributed by atoms with Crippen molar-refractivity contribution in [2.45, 2.75) is 49.3 Å². The SMILES string of the molecule is CCC1(C(C)C)CC(c2ccccc2)c2cc(SC)c(O/C=C/C(=O)O)cc2S(O)(O)C1. The monoisotopic (exact) mass is 476 g/mol. The van der Waals surface area contributed by atoms with Crippen molar-refractivity contribution in [1.29, 1.82) is 0 Å². The van der Waals surface area contributed by atoms with E-state index in [4.69, 9.17) is 9.84 Å². The molecule has 1 aliphatic heterocycles. The van der Waals surface area contributed by atoms with E-state index in [0.717, 1.165) is 41.2 Å². The number of hydrogen-bond donors (Lipinski definition) is 3. The molecule has 7 heteroatoms. The fourth-order valence-corrected chi connectivity index (χ4v) is 7.66. The first-order valence-corrected chi connectivity index (χ1v) is 13.7. The highest BCUT2D eigenvalue weighted by molar-refractivity contribution is 8.24. The topological polar surface area (TPSA) is 87.0 Å². The molecule has 174 valence electrons. The zero-order chi connectivity index (χ0) is 23.5. The number of ether oxygens (including phenoxy) is 1. The molecule has 32 heavy (non-hydrogen) atoms. The summed E-state index contributed by atoms with van der Waals surface area (Å²) in [5, 5.41) is 8.88. The van der Waals surface area contributed by atoms with E-state index in [2.05, 4.69) is 32.9 Å². The van der Waals surface area contributed by atoms with Gasteiger partial charge in [-0.25, -0.2) is 4.79 Å². The van der Waals surface area contributed by atoms with Gasteiger partial charge in [0.25, 0.3) is 0 Å². The van der Waals surface area contributed by atoms with Gasteiger partial charge in [-0.2, -0.15) is 10.6 Å². The second-order valence-corrected chi connectivity index (χ2v) is 11.6. The number of hydrogen-bond acceptors (Lipinski definition) is 5. The Hall–Kier alpha value is -1.93. The molecule has 0 saturated heterocycles. The van der Waals surface area contributed by atoms with Gasteiger partial charge >= 0.3 is 5.97 Å². The summed E-state index contributed by atoms with van der Waals surface area (Å²) in [5.41, 5.74) is 1.82. The minimum Gasteiger partial charge on any atom is -0.478 e. The van der Waals surface area contributed by atoms with Gasteiger partial charge < -0.3 is 9.84 Å². The van der Waals surface area contributed by atoms with Crippen molar-refractivity contribution in [3.8, 4) is 5.75 Å². The van der Waals surface area contributed by atoms with Gasteiger partial charge in [0.15, 0.2) is 0 Å². The molecule has 0 fully saturated rings. The highest BCUT2D eigenvalue weighted by Crippen LogP contribution is 2.63. The Kier molecular flexibility index (Phi) is 7.65. The van der Waals surface area contributed by atoms with Crippen LogP contribution in [0.4, 0.5) is 0 Å². The predicted molar refractivity (Wildman–Crippen MR) is 132 cm³/mol. The number of carboxylic acid groups (broad SMARTS) is 1. The minimum absolute atomic E-state index is 0.0109. The van der Waals surface area contributed by atoms with E-state index in [1.54, 1.807) is 6.07 Å². The smallest absolute Gasteiger partial charge is 0.331 e. The maximum Gasteiger partial charge on any atom is 0.331 e. The molecule has 0 saturated carbocycles. The third-order valence-electron chi connectivity index (χ3n) is 6.66. The van der Waals surface area contributed by atoms with Crippen LogP contribution in [-0.4, -0.2) is 32.2 Å². The van der Waals surface area contributed by atoms with Gasteiger partial charge in [0, 0.05) is 17.7 Å². The highest BCUT2D eigenvalue weighted by Gasteiger charge is 2.44. The number of rotatable bonds is 7. The van der Waals surface area contributed by atoms with Crippen molar-refractivity contribution in [3.63, 3.8) is 0 Å². The quantitative estimate of drug-likeness (QED) is 0.225. The summed E-state index contributed by atoms with van der Waals surface area (Å²) in [7, 11) is -3.10. The van der Waals surface area contributed by atoms with Crippen LogP contribution in [0.15, 0.2) is 64.6 Å². The highest BCUT2D eigenvalue weighted by atomic mass is 32.3. The van der Waals surface area contributed by atoms with Crippen molar-refractivity contribution >= 4 is 28.3 Å². The maximum absolute atomic E-state index is 11.5. The lowest BCUT2D eigenvalue weighted by Crippen LogP contribution is -2.33. The minimum atomic E-state index is -3.10. The summed E-state index contributed by atoms with van der Waals surface area (Å²) < 4.78 is 28.5. The Morgan fingerprint density at radius 3 is 2.53 bits per heavy atom. The molecule has 1 heterocycles. The van der Waals surface area contributed by atoms with Crippen LogP contribution in [0.5, 0.6) is 5.75 Å². The Bertz CT molecular complexity index is 987. The van der Waals surface area contributed by atoms with Gasteiger partial charge in [0.05, 0.1) is 22.1 Å². The molecule has 5 nitrogen and oxygen atoms in total. The first-order chi connectivity index (χ1) is 15.1. The molecule has 0 spiro atoms. The number of benzene rings is 2. The van der Waals surface area contributed by atoms with Crippen LogP contribution in [0.2, 0.25) is 0 Å². The van der Waals surface area contributed by atoms with Gasteiger partial charge in [0.1, 0.15) is 5.75 Å². The van der Waals surface area contributed by atoms with Crippen LogP contribution in [0.25, 0.3) is 0 Å². The number of fused-ring (bicyclic) bond motifs is 1. The van der Waals surface area contributed by atoms with E-state index in [0.29, 0.717) is 16.4 Å². The first kappa shape index (κ1) is 24.7. The largest absolute Gasteiger partial charge is 0.478 e. The number of thioether (sulfide) groups is 1. The Morgan fingerprint density at radius 2 is 1.97 bits per heavy atom. The molecular formula is C25H32O5S2. The molecule has 2 aromatic carbocycles. The molecule has 2 aromatic rings. The van der Waals surface area contributed by atoms with E-state index < -0.39 is 16.6 Å². The lowest BCUT2D eigenvalue weighted by atomic mass is 9.68. The van der Waals surface area contributed by atoms with E-state index in [-0.39, 0.29) is 17.3 Å². The lowest BCUT2D eigenvalue weighted by Gasteiger charge is -2.44. The number of carbonyl (C=O) groups is 1. The molecule has 2 atom stereocenters. The Balaban J connectivity index is 2.24. The third-order valence-corrected chi connectivity index (χ3v) is 9.45. The number of carboxylic acids is 1. The molecular weight excluding hydrogens is 444 g/mol. The second-order valence-electron chi connectivity index (χ2n) is 8.65. The van der Waals surface area contributed by atoms with Crippen LogP contribution in [0, 0.1) is 11.3 Å². The van der Waals surface area contributed by atoms with Crippen molar-refractivity contribution in [1.82, 2.24) is 0 Å². The molecule has 0 amide bonds. The summed E-state index contributed by atoms with van der Waals surface area (Å²) in [6, 6.07) is 13.9. The van der Waals surface area contributed by atoms with E-state index in [9.17, 15) is 13.9 Å². The summed E-state index contributed by atoms with van der Waals surface area (Å²) in [6.45, 7) is 6.46. The first-order valence-electron chi connectivity index (χ1n) is 10.7. The van der Waals surface area contributed by atoms with Crippen LogP contribution < -0.4 is 4.74 Å². The van der Waals surface area contributed by atoms with Crippen molar-refractivity contribution in [2.75, 3.05) is 12.0 Å². The third kappa shape index (κ3) is 5.01. The molecule has 0 aliphatic carbocycles. The summed E-state index contributed by atoms with van der Waals surface area (Å²) >= 11 is 1.48. The van der Waals surface area contributed by atoms with Crippen LogP contribution in [-0.2, 0) is 4.79 Å². The summed E-state index contributed by atoms with van der Waals surface area (Å²) in [6.07, 6.45) is 5.62. The second kappa shape index (κ2) is 9.91. The standard InChI is InChI=1S/C25H32O5S2/c1-5-25(17(2)3)15-20(18-9-7-6-8-10-18)19-13-22(31-4)21(30-12-11-24(26)27)14-23(19)32(28,29)16-25/h6-14,17,20,28-29H,5,15-16H2,1-4H3,(H,26,27)/b12-11+. The molecule has 0 bridgehead atoms. The van der Waals surface area contributed by atoms with E-state index in [1.165, 1.54) is 11.8 Å². The van der Waals surface area contributed by atoms with Gasteiger partial charge in [-0.15, -0.1) is 11.8 Å². The van der Waals surface area contributed by atoms with Gasteiger partial charge in [0.2, 0.25) is 0 Å². The van der Waals surface area contributed by atoms with Gasteiger partial charge in [-0.05, 0) is 47.6 Å². The van der Waals surface area contributed by atoms with Crippen molar-refractivity contribution in [3.05, 3.63) is 65.9 Å². The fraction of sp³-hybridized carbons (Fsp3) is 0.400. The Morgan fingerprint density at radius 1 is 1.28 bits per heavy atom. The Labute approximate surface area is 196 Å². The molecule has 2 unspecified atom stereocenters. The summed E-state index contributed by atoms with van der Waals surface area (Å²) in [5.74, 6) is -0.101. The predicted octanol–water partition coefficient (Wildman–Crippen LogP) is 7.08. The molecule has 0 aromatic heterocycles. The van der Waals surface area contributed by atoms with E-state index >= 15 is 0 Å². The lowest BCUT2D eigenvalue weighted by molar-refractivity contribution is -0.131. The number of aliphatic carboxylic acids is 1. The van der Waals surface area contributed by atoms with Crippen LogP contribution in [0.1, 0.15) is 50.7 Å². The maximum atomic E-state index is 11.5. The molecule has 3 N–H and O–H groups in total. The summed E-state index contributed by atoms with van der Waals surface area (Å²) in [4.78, 5) is 12.2. The molecule has 1 aliphatic rings. The van der Waals surface area contributed by atoms with Crippen molar-refractivity contribution in [2.24, 2.45) is 11.3 Å². The zero-order valence-electron chi connectivity index (χ0n) is 18.9. The average Bonchev–Trinajstić information content (AvgIpc) is 2.86. The molecule has 0 radical (unpaired) electrons. The van der Waals surface area contributed by atoms with Crippen molar-refractivity contribution < 1.29 is 23.7 Å². The fourth-order valence-electron chi connectivity index (χ4n) is 4.62. The van der Waals surface area contributed by atoms with Crippen LogP contribution in [0.3, 0.4) is 0 Å². The zero-order valence-corrected chi connectivity index (χ0v) is 20.6. The van der Waals surface area contributed by atoms with Gasteiger partial charge in [-0.1, -0.05) is 51.1 Å². The van der Waals surface area contributed by atoms with E-state index in [1.807, 2.05) is 30.5 Å². The molecule has 3 rings (SSSR count). The average molecular weight is 477 g/mol. The normalized spacial score (nSPS) is 23.5.